The number of fused-ring (bicyclic) bond motifs is 1. The number of carbonyl (C=O) groups excluding carboxylic acids is 1. The Labute approximate surface area is 102 Å². The molecule has 2 heterocycles. The summed E-state index contributed by atoms with van der Waals surface area (Å²) in [5.74, 6) is 0.881. The molecule has 0 aromatic carbocycles. The van der Waals surface area contributed by atoms with Gasteiger partial charge in [-0.3, -0.25) is 4.79 Å². The van der Waals surface area contributed by atoms with Gasteiger partial charge in [-0.1, -0.05) is 11.3 Å². The Kier molecular flexibility index (Phi) is 2.44. The van der Waals surface area contributed by atoms with Gasteiger partial charge in [0.25, 0.3) is 0 Å². The lowest BCUT2D eigenvalue weighted by molar-refractivity contribution is -0.117. The van der Waals surface area contributed by atoms with Crippen molar-refractivity contribution in [3.8, 4) is 0 Å². The number of anilines is 2. The van der Waals surface area contributed by atoms with Crippen molar-refractivity contribution in [3.05, 3.63) is 12.3 Å². The lowest BCUT2D eigenvalue weighted by Crippen LogP contribution is -2.14. The second-order valence-corrected chi connectivity index (χ2v) is 5.04. The molecule has 0 atom stereocenters. The number of carbonyl (C=O) groups is 1. The molecule has 0 spiro atoms. The molecule has 2 N–H and O–H groups in total. The van der Waals surface area contributed by atoms with Crippen LogP contribution in [0.15, 0.2) is 12.3 Å². The highest BCUT2D eigenvalue weighted by molar-refractivity contribution is 7.22. The zero-order chi connectivity index (χ0) is 11.8. The number of hydrogen-bond donors (Lipinski definition) is 2. The Morgan fingerprint density at radius 2 is 2.35 bits per heavy atom. The molecule has 3 rings (SSSR count). The number of nitrogens with one attached hydrogen (secondary N) is 2. The van der Waals surface area contributed by atoms with Gasteiger partial charge in [-0.05, 0) is 18.9 Å². The molecule has 88 valence electrons. The summed E-state index contributed by atoms with van der Waals surface area (Å²) < 4.78 is 0.922. The summed E-state index contributed by atoms with van der Waals surface area (Å²) in [6.45, 7) is 0. The Hall–Kier alpha value is -1.69. The fourth-order valence-electron chi connectivity index (χ4n) is 1.62. The summed E-state index contributed by atoms with van der Waals surface area (Å²) in [6, 6.07) is 1.85. The predicted octanol–water partition coefficient (Wildman–Crippen LogP) is 2.08. The molecule has 1 aliphatic carbocycles. The van der Waals surface area contributed by atoms with Gasteiger partial charge in [-0.2, -0.15) is 0 Å². The number of thiazole rings is 1. The molecule has 2 aromatic rings. The van der Waals surface area contributed by atoms with E-state index < -0.39 is 0 Å². The highest BCUT2D eigenvalue weighted by Gasteiger charge is 2.30. The van der Waals surface area contributed by atoms with Crippen LogP contribution in [-0.4, -0.2) is 22.9 Å². The van der Waals surface area contributed by atoms with Gasteiger partial charge in [0.1, 0.15) is 0 Å². The van der Waals surface area contributed by atoms with E-state index in [4.69, 9.17) is 0 Å². The molecule has 1 saturated carbocycles. The molecule has 0 bridgehead atoms. The van der Waals surface area contributed by atoms with Gasteiger partial charge in [0.05, 0.1) is 10.2 Å². The van der Waals surface area contributed by atoms with Gasteiger partial charge in [0.2, 0.25) is 5.91 Å². The van der Waals surface area contributed by atoms with Crippen LogP contribution >= 0.6 is 11.3 Å². The smallest absolute Gasteiger partial charge is 0.228 e. The zero-order valence-electron chi connectivity index (χ0n) is 9.36. The standard InChI is InChI=1S/C11H12N4OS/c1-12-11-14-7-4-5-13-9(8(7)17-11)15-10(16)6-2-3-6/h4-6H,2-3H2,1H3,(H,12,14)(H,13,15,16). The van der Waals surface area contributed by atoms with Crippen LogP contribution in [-0.2, 0) is 4.79 Å². The minimum Gasteiger partial charge on any atom is -0.365 e. The Balaban J connectivity index is 1.96. The van der Waals surface area contributed by atoms with Gasteiger partial charge in [-0.25, -0.2) is 9.97 Å². The van der Waals surface area contributed by atoms with Gasteiger partial charge < -0.3 is 10.6 Å². The first kappa shape index (κ1) is 10.5. The lowest BCUT2D eigenvalue weighted by atomic mass is 10.3. The Morgan fingerprint density at radius 1 is 1.53 bits per heavy atom. The Bertz CT molecular complexity index is 576. The van der Waals surface area contributed by atoms with E-state index in [1.165, 1.54) is 11.3 Å². The molecule has 1 fully saturated rings. The number of aromatic nitrogens is 2. The maximum absolute atomic E-state index is 11.7. The second-order valence-electron chi connectivity index (χ2n) is 4.04. The fourth-order valence-corrected chi connectivity index (χ4v) is 2.47. The predicted molar refractivity (Wildman–Crippen MR) is 68.3 cm³/mol. The maximum Gasteiger partial charge on any atom is 0.228 e. The van der Waals surface area contributed by atoms with E-state index in [0.717, 1.165) is 28.2 Å². The average Bonchev–Trinajstić information content (AvgIpc) is 3.09. The first-order valence-corrected chi connectivity index (χ1v) is 6.34. The van der Waals surface area contributed by atoms with E-state index in [2.05, 4.69) is 20.6 Å². The van der Waals surface area contributed by atoms with Crippen LogP contribution in [0.25, 0.3) is 10.2 Å². The first-order valence-electron chi connectivity index (χ1n) is 5.52. The summed E-state index contributed by atoms with van der Waals surface area (Å²) in [7, 11) is 1.83. The van der Waals surface area contributed by atoms with Crippen molar-refractivity contribution in [2.45, 2.75) is 12.8 Å². The SMILES string of the molecule is CNc1nc2ccnc(NC(=O)C3CC3)c2s1. The third-order valence-electron chi connectivity index (χ3n) is 2.71. The number of pyridine rings is 1. The van der Waals surface area contributed by atoms with E-state index in [1.807, 2.05) is 13.1 Å². The van der Waals surface area contributed by atoms with Crippen LogP contribution in [0.4, 0.5) is 10.9 Å². The molecule has 5 nitrogen and oxygen atoms in total. The summed E-state index contributed by atoms with van der Waals surface area (Å²) in [5, 5.41) is 6.70. The van der Waals surface area contributed by atoms with Crippen LogP contribution < -0.4 is 10.6 Å². The summed E-state index contributed by atoms with van der Waals surface area (Å²) >= 11 is 1.50. The molecule has 0 unspecified atom stereocenters. The third kappa shape index (κ3) is 1.95. The third-order valence-corrected chi connectivity index (χ3v) is 3.80. The molecular weight excluding hydrogens is 236 g/mol. The molecule has 1 aliphatic rings. The first-order chi connectivity index (χ1) is 8.28. The quantitative estimate of drug-likeness (QED) is 0.872. The lowest BCUT2D eigenvalue weighted by Gasteiger charge is -2.02. The highest BCUT2D eigenvalue weighted by atomic mass is 32.1. The molecule has 0 radical (unpaired) electrons. The van der Waals surface area contributed by atoms with Crippen LogP contribution in [0, 0.1) is 5.92 Å². The zero-order valence-corrected chi connectivity index (χ0v) is 10.2. The molecule has 6 heteroatoms. The highest BCUT2D eigenvalue weighted by Crippen LogP contribution is 2.33. The van der Waals surface area contributed by atoms with Crippen molar-refractivity contribution in [2.24, 2.45) is 5.92 Å². The largest absolute Gasteiger partial charge is 0.365 e. The van der Waals surface area contributed by atoms with Crippen molar-refractivity contribution in [1.82, 2.24) is 9.97 Å². The van der Waals surface area contributed by atoms with E-state index >= 15 is 0 Å². The van der Waals surface area contributed by atoms with Crippen LogP contribution in [0.1, 0.15) is 12.8 Å². The molecule has 0 aliphatic heterocycles. The number of amides is 1. The monoisotopic (exact) mass is 248 g/mol. The minimum absolute atomic E-state index is 0.0735. The van der Waals surface area contributed by atoms with Crippen molar-refractivity contribution >= 4 is 38.4 Å². The topological polar surface area (TPSA) is 66.9 Å². The maximum atomic E-state index is 11.7. The van der Waals surface area contributed by atoms with Crippen LogP contribution in [0.2, 0.25) is 0 Å². The van der Waals surface area contributed by atoms with Gasteiger partial charge in [0, 0.05) is 19.2 Å². The second kappa shape index (κ2) is 3.96. The minimum atomic E-state index is 0.0735. The summed E-state index contributed by atoms with van der Waals surface area (Å²) in [6.07, 6.45) is 3.66. The van der Waals surface area contributed by atoms with E-state index in [0.29, 0.717) is 5.82 Å². The van der Waals surface area contributed by atoms with Gasteiger partial charge >= 0.3 is 0 Å². The number of hydrogen-bond acceptors (Lipinski definition) is 5. The van der Waals surface area contributed by atoms with Crippen LogP contribution in [0.3, 0.4) is 0 Å². The van der Waals surface area contributed by atoms with Crippen molar-refractivity contribution < 1.29 is 4.79 Å². The number of nitrogens with zero attached hydrogens (tertiary/aromatic N) is 2. The van der Waals surface area contributed by atoms with Crippen LogP contribution in [0.5, 0.6) is 0 Å². The summed E-state index contributed by atoms with van der Waals surface area (Å²) in [5.41, 5.74) is 0.862. The fraction of sp³-hybridized carbons (Fsp3) is 0.364. The number of rotatable bonds is 3. The molecular formula is C11H12N4OS. The molecule has 1 amide bonds. The van der Waals surface area contributed by atoms with Crippen molar-refractivity contribution in [3.63, 3.8) is 0 Å². The Morgan fingerprint density at radius 3 is 3.06 bits per heavy atom. The van der Waals surface area contributed by atoms with E-state index in [1.54, 1.807) is 6.20 Å². The van der Waals surface area contributed by atoms with E-state index in [9.17, 15) is 4.79 Å². The molecule has 17 heavy (non-hydrogen) atoms. The molecule has 0 saturated heterocycles. The van der Waals surface area contributed by atoms with Crippen molar-refractivity contribution in [1.29, 1.82) is 0 Å². The van der Waals surface area contributed by atoms with Gasteiger partial charge in [-0.15, -0.1) is 0 Å². The van der Waals surface area contributed by atoms with E-state index in [-0.39, 0.29) is 11.8 Å². The molecule has 2 aromatic heterocycles. The normalized spacial score (nSPS) is 14.9. The van der Waals surface area contributed by atoms with Gasteiger partial charge in [0.15, 0.2) is 10.9 Å². The van der Waals surface area contributed by atoms with Crippen molar-refractivity contribution in [2.75, 3.05) is 17.7 Å². The summed E-state index contributed by atoms with van der Waals surface area (Å²) in [4.78, 5) is 20.3. The average molecular weight is 248 g/mol.